The van der Waals surface area contributed by atoms with Crippen molar-refractivity contribution >= 4 is 5.91 Å². The molecule has 2 rings (SSSR count). The van der Waals surface area contributed by atoms with Crippen molar-refractivity contribution in [2.24, 2.45) is 11.5 Å². The van der Waals surface area contributed by atoms with Gasteiger partial charge in [0.25, 0.3) is 0 Å². The lowest BCUT2D eigenvalue weighted by Crippen LogP contribution is -2.51. The number of morpholine rings is 1. The molecule has 1 unspecified atom stereocenters. The number of hydrogen-bond acceptors (Lipinski definition) is 4. The van der Waals surface area contributed by atoms with E-state index in [1.54, 1.807) is 0 Å². The van der Waals surface area contributed by atoms with Crippen molar-refractivity contribution < 1.29 is 9.53 Å². The lowest BCUT2D eigenvalue weighted by atomic mass is 10.1. The topological polar surface area (TPSA) is 81.6 Å². The van der Waals surface area contributed by atoms with Crippen LogP contribution in [0.25, 0.3) is 0 Å². The van der Waals surface area contributed by atoms with E-state index >= 15 is 0 Å². The highest BCUT2D eigenvalue weighted by Crippen LogP contribution is 2.13. The third-order valence-corrected chi connectivity index (χ3v) is 3.21. The van der Waals surface area contributed by atoms with Gasteiger partial charge in [0.1, 0.15) is 6.04 Å². The summed E-state index contributed by atoms with van der Waals surface area (Å²) in [7, 11) is 0. The summed E-state index contributed by atoms with van der Waals surface area (Å²) in [5, 5.41) is 0. The van der Waals surface area contributed by atoms with Crippen LogP contribution in [-0.2, 0) is 22.6 Å². The van der Waals surface area contributed by atoms with Crippen LogP contribution in [0.1, 0.15) is 11.1 Å². The molecule has 1 aliphatic rings. The van der Waals surface area contributed by atoms with Gasteiger partial charge in [-0.05, 0) is 11.1 Å². The number of hydrogen-bond donors (Lipinski definition) is 2. The van der Waals surface area contributed by atoms with E-state index in [0.29, 0.717) is 26.3 Å². The monoisotopic (exact) mass is 249 g/mol. The highest BCUT2D eigenvalue weighted by Gasteiger charge is 2.27. The molecule has 1 amide bonds. The van der Waals surface area contributed by atoms with Gasteiger partial charge in [0.15, 0.2) is 0 Å². The van der Waals surface area contributed by atoms with Crippen LogP contribution in [0.15, 0.2) is 24.3 Å². The van der Waals surface area contributed by atoms with Crippen LogP contribution in [0.5, 0.6) is 0 Å². The third-order valence-electron chi connectivity index (χ3n) is 3.21. The molecule has 1 saturated heterocycles. The summed E-state index contributed by atoms with van der Waals surface area (Å²) in [6.07, 6.45) is 0. The molecule has 1 aliphatic heterocycles. The first-order chi connectivity index (χ1) is 8.70. The normalized spacial score (nSPS) is 20.8. The maximum Gasteiger partial charge on any atom is 0.237 e. The minimum absolute atomic E-state index is 0.326. The van der Waals surface area contributed by atoms with Gasteiger partial charge in [-0.3, -0.25) is 9.69 Å². The van der Waals surface area contributed by atoms with Crippen molar-refractivity contribution in [3.63, 3.8) is 0 Å². The second-order valence-electron chi connectivity index (χ2n) is 4.48. The molecule has 0 bridgehead atoms. The van der Waals surface area contributed by atoms with Gasteiger partial charge in [0.05, 0.1) is 13.2 Å². The number of nitrogens with two attached hydrogens (primary N) is 2. The van der Waals surface area contributed by atoms with Crippen LogP contribution < -0.4 is 11.5 Å². The number of primary amides is 1. The zero-order chi connectivity index (χ0) is 13.0. The molecule has 1 atom stereocenters. The Morgan fingerprint density at radius 1 is 1.33 bits per heavy atom. The number of carbonyl (C=O) groups excluding carboxylic acids is 1. The molecule has 18 heavy (non-hydrogen) atoms. The fourth-order valence-electron chi connectivity index (χ4n) is 2.10. The summed E-state index contributed by atoms with van der Waals surface area (Å²) in [5.74, 6) is -0.326. The van der Waals surface area contributed by atoms with Crippen LogP contribution >= 0.6 is 0 Å². The Labute approximate surface area is 107 Å². The van der Waals surface area contributed by atoms with Crippen molar-refractivity contribution in [3.8, 4) is 0 Å². The predicted octanol–water partition coefficient (Wildman–Crippen LogP) is -0.169. The van der Waals surface area contributed by atoms with Crippen molar-refractivity contribution in [2.45, 2.75) is 19.1 Å². The average molecular weight is 249 g/mol. The summed E-state index contributed by atoms with van der Waals surface area (Å²) in [5.41, 5.74) is 13.2. The highest BCUT2D eigenvalue weighted by atomic mass is 16.5. The standard InChI is InChI=1S/C13H19N3O2/c14-7-10-1-3-11(4-2-10)8-16-5-6-18-9-12(16)13(15)17/h1-4,12H,5-9,14H2,(H2,15,17). The Balaban J connectivity index is 2.03. The van der Waals surface area contributed by atoms with Crippen LogP contribution in [-0.4, -0.2) is 36.6 Å². The van der Waals surface area contributed by atoms with Gasteiger partial charge >= 0.3 is 0 Å². The number of ether oxygens (including phenoxy) is 1. The van der Waals surface area contributed by atoms with Gasteiger partial charge in [-0.2, -0.15) is 0 Å². The van der Waals surface area contributed by atoms with Gasteiger partial charge in [-0.25, -0.2) is 0 Å². The molecule has 1 heterocycles. The molecular weight excluding hydrogens is 230 g/mol. The molecule has 5 nitrogen and oxygen atoms in total. The van der Waals surface area contributed by atoms with Gasteiger partial charge in [0.2, 0.25) is 5.91 Å². The summed E-state index contributed by atoms with van der Waals surface area (Å²) in [4.78, 5) is 13.4. The van der Waals surface area contributed by atoms with Crippen molar-refractivity contribution in [1.29, 1.82) is 0 Å². The Morgan fingerprint density at radius 3 is 2.61 bits per heavy atom. The average Bonchev–Trinajstić information content (AvgIpc) is 2.40. The maximum atomic E-state index is 11.3. The second-order valence-corrected chi connectivity index (χ2v) is 4.48. The fraction of sp³-hybridized carbons (Fsp3) is 0.462. The minimum atomic E-state index is -0.326. The van der Waals surface area contributed by atoms with Gasteiger partial charge in [-0.1, -0.05) is 24.3 Å². The van der Waals surface area contributed by atoms with E-state index in [0.717, 1.165) is 17.7 Å². The molecule has 4 N–H and O–H groups in total. The molecule has 1 aromatic rings. The minimum Gasteiger partial charge on any atom is -0.378 e. The zero-order valence-electron chi connectivity index (χ0n) is 10.3. The molecule has 0 aromatic heterocycles. The number of rotatable bonds is 4. The smallest absolute Gasteiger partial charge is 0.237 e. The number of carbonyl (C=O) groups is 1. The van der Waals surface area contributed by atoms with Crippen molar-refractivity contribution in [1.82, 2.24) is 4.90 Å². The van der Waals surface area contributed by atoms with Crippen LogP contribution in [0.2, 0.25) is 0 Å². The Bertz CT molecular complexity index is 405. The second kappa shape index (κ2) is 5.95. The Morgan fingerprint density at radius 2 is 2.00 bits per heavy atom. The van der Waals surface area contributed by atoms with Gasteiger partial charge in [-0.15, -0.1) is 0 Å². The lowest BCUT2D eigenvalue weighted by molar-refractivity contribution is -0.129. The molecule has 98 valence electrons. The quantitative estimate of drug-likeness (QED) is 0.776. The summed E-state index contributed by atoms with van der Waals surface area (Å²) >= 11 is 0. The molecule has 0 aliphatic carbocycles. The molecule has 5 heteroatoms. The molecule has 0 spiro atoms. The molecule has 1 aromatic carbocycles. The van der Waals surface area contributed by atoms with Gasteiger partial charge in [0, 0.05) is 19.6 Å². The first-order valence-electron chi connectivity index (χ1n) is 6.09. The van der Waals surface area contributed by atoms with Crippen LogP contribution in [0.3, 0.4) is 0 Å². The lowest BCUT2D eigenvalue weighted by Gasteiger charge is -2.33. The van der Waals surface area contributed by atoms with Crippen molar-refractivity contribution in [2.75, 3.05) is 19.8 Å². The fourth-order valence-corrected chi connectivity index (χ4v) is 2.10. The third kappa shape index (κ3) is 3.07. The van der Waals surface area contributed by atoms with E-state index in [1.165, 1.54) is 0 Å². The first kappa shape index (κ1) is 13.0. The number of amides is 1. The van der Waals surface area contributed by atoms with E-state index in [9.17, 15) is 4.79 Å². The van der Waals surface area contributed by atoms with Crippen LogP contribution in [0, 0.1) is 0 Å². The zero-order valence-corrected chi connectivity index (χ0v) is 10.3. The summed E-state index contributed by atoms with van der Waals surface area (Å²) in [6, 6.07) is 7.77. The highest BCUT2D eigenvalue weighted by molar-refractivity contribution is 5.80. The Kier molecular flexibility index (Phi) is 4.30. The van der Waals surface area contributed by atoms with E-state index in [4.69, 9.17) is 16.2 Å². The summed E-state index contributed by atoms with van der Waals surface area (Å²) < 4.78 is 5.29. The maximum absolute atomic E-state index is 11.3. The van der Waals surface area contributed by atoms with Crippen LogP contribution in [0.4, 0.5) is 0 Å². The van der Waals surface area contributed by atoms with E-state index in [1.807, 2.05) is 24.3 Å². The molecular formula is C13H19N3O2. The van der Waals surface area contributed by atoms with E-state index in [2.05, 4.69) is 4.90 Å². The first-order valence-corrected chi connectivity index (χ1v) is 6.09. The summed E-state index contributed by atoms with van der Waals surface area (Å²) in [6.45, 7) is 3.01. The Hall–Kier alpha value is -1.43. The molecule has 1 fully saturated rings. The predicted molar refractivity (Wildman–Crippen MR) is 68.5 cm³/mol. The number of benzene rings is 1. The number of nitrogens with zero attached hydrogens (tertiary/aromatic N) is 1. The SMILES string of the molecule is NCc1ccc(CN2CCOCC2C(N)=O)cc1. The molecule has 0 radical (unpaired) electrons. The largest absolute Gasteiger partial charge is 0.378 e. The van der Waals surface area contributed by atoms with E-state index < -0.39 is 0 Å². The molecule has 0 saturated carbocycles. The van der Waals surface area contributed by atoms with E-state index in [-0.39, 0.29) is 11.9 Å². The van der Waals surface area contributed by atoms with Gasteiger partial charge < -0.3 is 16.2 Å². The van der Waals surface area contributed by atoms with Crippen molar-refractivity contribution in [3.05, 3.63) is 35.4 Å².